The molecule has 0 saturated carbocycles. The van der Waals surface area contributed by atoms with Crippen molar-refractivity contribution in [2.24, 2.45) is 12.8 Å². The predicted molar refractivity (Wildman–Crippen MR) is 124 cm³/mol. The summed E-state index contributed by atoms with van der Waals surface area (Å²) in [5, 5.41) is 1.42. The molecule has 1 aromatic heterocycles. The maximum absolute atomic E-state index is 13.4. The maximum atomic E-state index is 13.4. The standard InChI is InChI=1S/C25H26N2O5/c1-27-24-17-11-22-21(31-13-32-22)9-15(17)14(7-5-4-6-8-26)23(24)16-10-19(29-2)20(30-3)12-18(16)25(27)28/h7,9-12H,4-6,8,13,26H2,1-3H3/b14-7+. The Hall–Kier alpha value is -3.45. The first-order valence-electron chi connectivity index (χ1n) is 10.7. The number of pyridine rings is 1. The summed E-state index contributed by atoms with van der Waals surface area (Å²) in [4.78, 5) is 13.4. The second-order valence-electron chi connectivity index (χ2n) is 7.99. The van der Waals surface area contributed by atoms with Crippen LogP contribution in [0.15, 0.2) is 35.1 Å². The highest BCUT2D eigenvalue weighted by Gasteiger charge is 2.32. The highest BCUT2D eigenvalue weighted by atomic mass is 16.7. The Morgan fingerprint density at radius 1 is 1.00 bits per heavy atom. The Morgan fingerprint density at radius 3 is 2.31 bits per heavy atom. The molecule has 0 bridgehead atoms. The van der Waals surface area contributed by atoms with Crippen LogP contribution in [-0.2, 0) is 7.05 Å². The minimum Gasteiger partial charge on any atom is -0.493 e. The molecule has 166 valence electrons. The summed E-state index contributed by atoms with van der Waals surface area (Å²) in [5.74, 6) is 2.53. The van der Waals surface area contributed by atoms with Gasteiger partial charge in [-0.25, -0.2) is 0 Å². The van der Waals surface area contributed by atoms with Crippen molar-refractivity contribution >= 4 is 16.3 Å². The third-order valence-electron chi connectivity index (χ3n) is 6.23. The van der Waals surface area contributed by atoms with Crippen LogP contribution >= 0.6 is 0 Å². The molecule has 0 radical (unpaired) electrons. The van der Waals surface area contributed by atoms with Crippen molar-refractivity contribution in [3.05, 3.63) is 51.8 Å². The number of fused-ring (bicyclic) bond motifs is 6. The molecule has 0 saturated heterocycles. The van der Waals surface area contributed by atoms with Crippen LogP contribution < -0.4 is 30.2 Å². The molecule has 32 heavy (non-hydrogen) atoms. The van der Waals surface area contributed by atoms with Gasteiger partial charge in [-0.3, -0.25) is 4.79 Å². The lowest BCUT2D eigenvalue weighted by Gasteiger charge is -2.15. The van der Waals surface area contributed by atoms with Gasteiger partial charge in [-0.15, -0.1) is 0 Å². The van der Waals surface area contributed by atoms with Crippen molar-refractivity contribution in [1.29, 1.82) is 0 Å². The first-order valence-corrected chi connectivity index (χ1v) is 10.7. The zero-order valence-electron chi connectivity index (χ0n) is 18.5. The topological polar surface area (TPSA) is 84.9 Å². The molecule has 7 heteroatoms. The van der Waals surface area contributed by atoms with Crippen LogP contribution in [0.25, 0.3) is 27.6 Å². The fraction of sp³-hybridized carbons (Fsp3) is 0.320. The van der Waals surface area contributed by atoms with Crippen LogP contribution in [0.4, 0.5) is 0 Å². The zero-order valence-corrected chi connectivity index (χ0v) is 18.5. The zero-order chi connectivity index (χ0) is 22.4. The Kier molecular flexibility index (Phi) is 5.06. The summed E-state index contributed by atoms with van der Waals surface area (Å²) in [7, 11) is 4.98. The maximum Gasteiger partial charge on any atom is 0.258 e. The van der Waals surface area contributed by atoms with Gasteiger partial charge in [0.2, 0.25) is 6.79 Å². The molecule has 2 aliphatic rings. The average Bonchev–Trinajstić information content (AvgIpc) is 3.39. The first kappa shape index (κ1) is 20.5. The number of hydrogen-bond acceptors (Lipinski definition) is 6. The van der Waals surface area contributed by atoms with E-state index in [-0.39, 0.29) is 12.4 Å². The molecule has 2 heterocycles. The van der Waals surface area contributed by atoms with Gasteiger partial charge in [-0.05, 0) is 61.2 Å². The second kappa shape index (κ2) is 7.91. The van der Waals surface area contributed by atoms with Gasteiger partial charge in [0.15, 0.2) is 23.0 Å². The minimum absolute atomic E-state index is 0.0901. The van der Waals surface area contributed by atoms with Crippen molar-refractivity contribution in [3.8, 4) is 34.3 Å². The molecule has 0 unspecified atom stereocenters. The molecule has 0 atom stereocenters. The van der Waals surface area contributed by atoms with E-state index in [1.54, 1.807) is 24.9 Å². The summed E-state index contributed by atoms with van der Waals surface area (Å²) in [6.45, 7) is 0.873. The monoisotopic (exact) mass is 434 g/mol. The number of benzene rings is 2. The van der Waals surface area contributed by atoms with E-state index in [1.807, 2.05) is 25.2 Å². The number of hydrogen-bond donors (Lipinski definition) is 1. The Balaban J connectivity index is 1.84. The molecule has 5 rings (SSSR count). The fourth-order valence-electron chi connectivity index (χ4n) is 4.67. The van der Waals surface area contributed by atoms with E-state index in [4.69, 9.17) is 24.7 Å². The Bertz CT molecular complexity index is 1320. The lowest BCUT2D eigenvalue weighted by Crippen LogP contribution is -2.19. The summed E-state index contributed by atoms with van der Waals surface area (Å²) in [6, 6.07) is 7.65. The Morgan fingerprint density at radius 2 is 1.66 bits per heavy atom. The molecular weight excluding hydrogens is 408 g/mol. The predicted octanol–water partition coefficient (Wildman–Crippen LogP) is 3.83. The first-order chi connectivity index (χ1) is 15.6. The van der Waals surface area contributed by atoms with E-state index in [9.17, 15) is 4.79 Å². The molecule has 3 aromatic rings. The normalized spacial score (nSPS) is 14.7. The van der Waals surface area contributed by atoms with Gasteiger partial charge in [-0.2, -0.15) is 0 Å². The number of ether oxygens (including phenoxy) is 4. The minimum atomic E-state index is -0.0901. The van der Waals surface area contributed by atoms with Crippen LogP contribution in [-0.4, -0.2) is 32.1 Å². The van der Waals surface area contributed by atoms with Crippen molar-refractivity contribution in [3.63, 3.8) is 0 Å². The third kappa shape index (κ3) is 2.96. The van der Waals surface area contributed by atoms with Gasteiger partial charge in [0.1, 0.15) is 0 Å². The van der Waals surface area contributed by atoms with Gasteiger partial charge in [0.05, 0.1) is 25.3 Å². The lowest BCUT2D eigenvalue weighted by atomic mass is 9.97. The van der Waals surface area contributed by atoms with E-state index in [0.29, 0.717) is 29.2 Å². The van der Waals surface area contributed by atoms with Gasteiger partial charge in [-0.1, -0.05) is 6.08 Å². The van der Waals surface area contributed by atoms with Gasteiger partial charge < -0.3 is 29.2 Å². The van der Waals surface area contributed by atoms with Crippen LogP contribution in [0.5, 0.6) is 23.0 Å². The second-order valence-corrected chi connectivity index (χ2v) is 7.99. The number of unbranched alkanes of at least 4 members (excludes halogenated alkanes) is 2. The molecule has 1 aliphatic carbocycles. The third-order valence-corrected chi connectivity index (χ3v) is 6.23. The largest absolute Gasteiger partial charge is 0.493 e. The van der Waals surface area contributed by atoms with E-state index < -0.39 is 0 Å². The smallest absolute Gasteiger partial charge is 0.258 e. The number of nitrogens with two attached hydrogens (primary N) is 1. The van der Waals surface area contributed by atoms with Gasteiger partial charge in [0, 0.05) is 23.6 Å². The van der Waals surface area contributed by atoms with Crippen molar-refractivity contribution in [1.82, 2.24) is 4.57 Å². The number of allylic oxidation sites excluding steroid dienone is 1. The van der Waals surface area contributed by atoms with Crippen molar-refractivity contribution in [2.45, 2.75) is 19.3 Å². The van der Waals surface area contributed by atoms with E-state index in [1.165, 1.54) is 0 Å². The molecule has 2 aromatic carbocycles. The van der Waals surface area contributed by atoms with Gasteiger partial charge >= 0.3 is 0 Å². The van der Waals surface area contributed by atoms with Gasteiger partial charge in [0.25, 0.3) is 5.56 Å². The molecule has 2 N–H and O–H groups in total. The molecule has 0 amide bonds. The quantitative estimate of drug-likeness (QED) is 0.465. The van der Waals surface area contributed by atoms with Crippen LogP contribution in [0, 0.1) is 0 Å². The molecule has 1 aliphatic heterocycles. The lowest BCUT2D eigenvalue weighted by molar-refractivity contribution is 0.174. The molecule has 0 spiro atoms. The van der Waals surface area contributed by atoms with E-state index in [0.717, 1.165) is 58.4 Å². The van der Waals surface area contributed by atoms with Crippen LogP contribution in [0.1, 0.15) is 30.4 Å². The SMILES string of the molecule is COc1cc2c3c(n(C)c(=O)c2cc1OC)-c1cc2c(cc1/C3=C\CCCCN)OCO2. The van der Waals surface area contributed by atoms with Crippen LogP contribution in [0.3, 0.4) is 0 Å². The summed E-state index contributed by atoms with van der Waals surface area (Å²) in [6.07, 6.45) is 5.08. The number of methoxy groups -OCH3 is 2. The number of aromatic nitrogens is 1. The Labute approximate surface area is 186 Å². The number of rotatable bonds is 6. The fourth-order valence-corrected chi connectivity index (χ4v) is 4.67. The summed E-state index contributed by atoms with van der Waals surface area (Å²) in [5.41, 5.74) is 10.6. The molecule has 7 nitrogen and oxygen atoms in total. The summed E-state index contributed by atoms with van der Waals surface area (Å²) < 4.78 is 24.0. The molecule has 0 fully saturated rings. The number of nitrogens with zero attached hydrogens (tertiary/aromatic N) is 1. The van der Waals surface area contributed by atoms with E-state index >= 15 is 0 Å². The highest BCUT2D eigenvalue weighted by molar-refractivity contribution is 6.10. The van der Waals surface area contributed by atoms with Crippen molar-refractivity contribution in [2.75, 3.05) is 27.6 Å². The highest BCUT2D eigenvalue weighted by Crippen LogP contribution is 2.51. The van der Waals surface area contributed by atoms with Crippen molar-refractivity contribution < 1.29 is 18.9 Å². The van der Waals surface area contributed by atoms with Crippen LogP contribution in [0.2, 0.25) is 0 Å². The average molecular weight is 434 g/mol. The molecular formula is C25H26N2O5. The summed E-state index contributed by atoms with van der Waals surface area (Å²) >= 11 is 0. The van der Waals surface area contributed by atoms with E-state index in [2.05, 4.69) is 6.08 Å².